The second-order valence-corrected chi connectivity index (χ2v) is 6.44. The lowest BCUT2D eigenvalue weighted by Gasteiger charge is -2.36. The standard InChI is InChI=1S/C14H16Cl3N5O/c1-14(2)21-12(18)20-13(19)22(14)23-5-3-4-8-6-10(16)11(17)7-9(8)15/h3-4,6-7H,5H2,1-2H3,(H4,18,19,20,21)/b4-3+. The molecule has 0 aliphatic carbocycles. The van der Waals surface area contributed by atoms with Crippen molar-refractivity contribution >= 4 is 52.8 Å². The van der Waals surface area contributed by atoms with Crippen molar-refractivity contribution in [3.63, 3.8) is 0 Å². The van der Waals surface area contributed by atoms with Crippen molar-refractivity contribution in [2.45, 2.75) is 19.5 Å². The van der Waals surface area contributed by atoms with Gasteiger partial charge in [0.2, 0.25) is 11.9 Å². The molecule has 0 aromatic heterocycles. The number of aliphatic imine (C=N–C) groups is 2. The first-order valence-electron chi connectivity index (χ1n) is 6.64. The fourth-order valence-corrected chi connectivity index (χ4v) is 2.59. The van der Waals surface area contributed by atoms with Crippen molar-refractivity contribution in [1.29, 1.82) is 0 Å². The van der Waals surface area contributed by atoms with Gasteiger partial charge < -0.3 is 11.5 Å². The van der Waals surface area contributed by atoms with Crippen LogP contribution >= 0.6 is 34.8 Å². The summed E-state index contributed by atoms with van der Waals surface area (Å²) >= 11 is 18.0. The molecule has 0 amide bonds. The van der Waals surface area contributed by atoms with Gasteiger partial charge in [-0.25, -0.2) is 4.99 Å². The fourth-order valence-electron chi connectivity index (χ4n) is 1.98. The Hall–Kier alpha value is -1.47. The lowest BCUT2D eigenvalue weighted by molar-refractivity contribution is -0.146. The summed E-state index contributed by atoms with van der Waals surface area (Å²) in [5.41, 5.74) is 11.4. The molecular formula is C14H16Cl3N5O. The smallest absolute Gasteiger partial charge is 0.226 e. The van der Waals surface area contributed by atoms with E-state index in [2.05, 4.69) is 9.98 Å². The zero-order valence-corrected chi connectivity index (χ0v) is 14.8. The minimum Gasteiger partial charge on any atom is -0.368 e. The van der Waals surface area contributed by atoms with Gasteiger partial charge in [-0.15, -0.1) is 0 Å². The molecule has 0 fully saturated rings. The van der Waals surface area contributed by atoms with Gasteiger partial charge >= 0.3 is 0 Å². The van der Waals surface area contributed by atoms with Gasteiger partial charge in [0.05, 0.1) is 16.7 Å². The molecule has 4 N–H and O–H groups in total. The molecule has 1 aromatic rings. The Balaban J connectivity index is 2.03. The van der Waals surface area contributed by atoms with E-state index in [1.165, 1.54) is 5.06 Å². The monoisotopic (exact) mass is 375 g/mol. The van der Waals surface area contributed by atoms with Gasteiger partial charge in [-0.1, -0.05) is 47.0 Å². The number of rotatable bonds is 4. The maximum atomic E-state index is 6.10. The molecule has 0 bridgehead atoms. The van der Waals surface area contributed by atoms with Crippen LogP contribution in [0.1, 0.15) is 19.4 Å². The molecule has 0 spiro atoms. The number of halogens is 3. The third-order valence-corrected chi connectivity index (χ3v) is 4.01. The van der Waals surface area contributed by atoms with Crippen LogP contribution in [0.4, 0.5) is 0 Å². The average Bonchev–Trinajstić information content (AvgIpc) is 2.41. The van der Waals surface area contributed by atoms with E-state index in [1.54, 1.807) is 38.1 Å². The van der Waals surface area contributed by atoms with Crippen molar-refractivity contribution in [3.8, 4) is 0 Å². The molecule has 0 radical (unpaired) electrons. The maximum absolute atomic E-state index is 6.10. The summed E-state index contributed by atoms with van der Waals surface area (Å²) in [5, 5.41) is 2.71. The van der Waals surface area contributed by atoms with Gasteiger partial charge in [0.1, 0.15) is 0 Å². The molecule has 0 unspecified atom stereocenters. The number of benzene rings is 1. The zero-order chi connectivity index (χ0) is 17.2. The highest BCUT2D eigenvalue weighted by Gasteiger charge is 2.32. The van der Waals surface area contributed by atoms with Gasteiger partial charge in [-0.2, -0.15) is 10.1 Å². The Labute approximate surface area is 149 Å². The molecule has 0 saturated carbocycles. The lowest BCUT2D eigenvalue weighted by Crippen LogP contribution is -2.53. The number of hydrogen-bond acceptors (Lipinski definition) is 6. The Kier molecular flexibility index (Phi) is 5.41. The molecule has 1 aliphatic rings. The summed E-state index contributed by atoms with van der Waals surface area (Å²) in [4.78, 5) is 13.6. The van der Waals surface area contributed by atoms with E-state index in [4.69, 9.17) is 51.1 Å². The predicted octanol–water partition coefficient (Wildman–Crippen LogP) is 3.27. The quantitative estimate of drug-likeness (QED) is 0.789. The summed E-state index contributed by atoms with van der Waals surface area (Å²) in [6.45, 7) is 3.84. The molecule has 1 aromatic carbocycles. The number of hydroxylamine groups is 2. The number of hydrogen-bond donors (Lipinski definition) is 2. The van der Waals surface area contributed by atoms with Crippen LogP contribution < -0.4 is 11.5 Å². The van der Waals surface area contributed by atoms with Crippen molar-refractivity contribution < 1.29 is 4.84 Å². The minimum atomic E-state index is -0.745. The Morgan fingerprint density at radius 3 is 2.48 bits per heavy atom. The number of nitrogens with two attached hydrogens (primary N) is 2. The molecule has 9 heteroatoms. The third kappa shape index (κ3) is 4.29. The van der Waals surface area contributed by atoms with Gasteiger partial charge in [0.25, 0.3) is 0 Å². The highest BCUT2D eigenvalue weighted by molar-refractivity contribution is 6.43. The maximum Gasteiger partial charge on any atom is 0.226 e. The van der Waals surface area contributed by atoms with E-state index in [0.29, 0.717) is 15.1 Å². The van der Waals surface area contributed by atoms with E-state index >= 15 is 0 Å². The van der Waals surface area contributed by atoms with Crippen LogP contribution in [0.15, 0.2) is 28.2 Å². The van der Waals surface area contributed by atoms with Gasteiger partial charge in [-0.3, -0.25) is 4.84 Å². The Morgan fingerprint density at radius 2 is 1.83 bits per heavy atom. The normalized spacial score (nSPS) is 17.3. The van der Waals surface area contributed by atoms with Crippen molar-refractivity contribution in [1.82, 2.24) is 5.06 Å². The van der Waals surface area contributed by atoms with E-state index in [-0.39, 0.29) is 18.5 Å². The van der Waals surface area contributed by atoms with E-state index < -0.39 is 5.66 Å². The fraction of sp³-hybridized carbons (Fsp3) is 0.286. The molecule has 1 aliphatic heterocycles. The van der Waals surface area contributed by atoms with Crippen LogP contribution in [0, 0.1) is 0 Å². The predicted molar refractivity (Wildman–Crippen MR) is 95.6 cm³/mol. The van der Waals surface area contributed by atoms with E-state index in [1.807, 2.05) is 0 Å². The number of guanidine groups is 2. The Morgan fingerprint density at radius 1 is 1.17 bits per heavy atom. The van der Waals surface area contributed by atoms with Crippen molar-refractivity contribution in [2.75, 3.05) is 6.61 Å². The second-order valence-electron chi connectivity index (χ2n) is 5.21. The van der Waals surface area contributed by atoms with E-state index in [9.17, 15) is 0 Å². The Bertz CT molecular complexity index is 700. The average molecular weight is 377 g/mol. The minimum absolute atomic E-state index is 0.116. The largest absolute Gasteiger partial charge is 0.368 e. The van der Waals surface area contributed by atoms with Crippen LogP contribution in [0.5, 0.6) is 0 Å². The molecule has 0 atom stereocenters. The summed E-state index contributed by atoms with van der Waals surface area (Å²) < 4.78 is 0. The number of nitrogens with zero attached hydrogens (tertiary/aromatic N) is 3. The zero-order valence-electron chi connectivity index (χ0n) is 12.6. The molecule has 2 rings (SSSR count). The van der Waals surface area contributed by atoms with Crippen molar-refractivity contribution in [3.05, 3.63) is 38.8 Å². The highest BCUT2D eigenvalue weighted by Crippen LogP contribution is 2.29. The highest BCUT2D eigenvalue weighted by atomic mass is 35.5. The van der Waals surface area contributed by atoms with Gasteiger partial charge in [0.15, 0.2) is 5.66 Å². The molecule has 124 valence electrons. The SMILES string of the molecule is CC1(C)N=C(N)N=C(N)N1OC/C=C/c1cc(Cl)c(Cl)cc1Cl. The summed E-state index contributed by atoms with van der Waals surface area (Å²) in [6.07, 6.45) is 3.53. The van der Waals surface area contributed by atoms with Crippen LogP contribution in [0.2, 0.25) is 15.1 Å². The topological polar surface area (TPSA) is 89.2 Å². The second kappa shape index (κ2) is 6.97. The van der Waals surface area contributed by atoms with Crippen LogP contribution in [-0.4, -0.2) is 29.3 Å². The molecular weight excluding hydrogens is 361 g/mol. The van der Waals surface area contributed by atoms with Gasteiger partial charge in [-0.05, 0) is 31.5 Å². The van der Waals surface area contributed by atoms with Crippen LogP contribution in [-0.2, 0) is 4.84 Å². The van der Waals surface area contributed by atoms with Gasteiger partial charge in [0, 0.05) is 5.02 Å². The third-order valence-electron chi connectivity index (χ3n) is 2.96. The summed E-state index contributed by atoms with van der Waals surface area (Å²) in [6, 6.07) is 3.26. The first-order valence-corrected chi connectivity index (χ1v) is 7.78. The molecule has 23 heavy (non-hydrogen) atoms. The summed E-state index contributed by atoms with van der Waals surface area (Å²) in [5.74, 6) is 0.258. The molecule has 0 saturated heterocycles. The van der Waals surface area contributed by atoms with E-state index in [0.717, 1.165) is 5.56 Å². The first kappa shape index (κ1) is 17.9. The van der Waals surface area contributed by atoms with Crippen LogP contribution in [0.25, 0.3) is 6.08 Å². The molecule has 1 heterocycles. The molecule has 6 nitrogen and oxygen atoms in total. The lowest BCUT2D eigenvalue weighted by atomic mass is 10.2. The van der Waals surface area contributed by atoms with Crippen molar-refractivity contribution in [2.24, 2.45) is 21.5 Å². The summed E-state index contributed by atoms with van der Waals surface area (Å²) in [7, 11) is 0. The van der Waals surface area contributed by atoms with Crippen LogP contribution in [0.3, 0.4) is 0 Å². The first-order chi connectivity index (χ1) is 10.7.